The van der Waals surface area contributed by atoms with Crippen LogP contribution >= 0.6 is 0 Å². The number of hydrogen-bond donors (Lipinski definition) is 7. The zero-order valence-electron chi connectivity index (χ0n) is 23.1. The van der Waals surface area contributed by atoms with Crippen LogP contribution in [0, 0.1) is 29.6 Å². The minimum absolute atomic E-state index is 0.0328. The number of hydrogen-bond acceptors (Lipinski definition) is 9. The van der Waals surface area contributed by atoms with Gasteiger partial charge in [0.25, 0.3) is 0 Å². The van der Waals surface area contributed by atoms with E-state index in [-0.39, 0.29) is 43.0 Å². The number of nitrogens with zero attached hydrogens (tertiary/aromatic N) is 1. The molecule has 9 atom stereocenters. The summed E-state index contributed by atoms with van der Waals surface area (Å²) < 4.78 is 45.7. The molecule has 224 valence electrons. The number of nitrogens with one attached hydrogen (secondary N) is 6. The highest BCUT2D eigenvalue weighted by Crippen LogP contribution is 2.40. The van der Waals surface area contributed by atoms with E-state index in [4.69, 9.17) is 4.74 Å². The topological polar surface area (TPSA) is 105 Å². The fourth-order valence-corrected chi connectivity index (χ4v) is 8.19. The molecular weight excluding hydrogens is 511 g/mol. The average Bonchev–Trinajstić information content (AvgIpc) is 3.80. The molecule has 0 spiro atoms. The number of rotatable bonds is 6. The van der Waals surface area contributed by atoms with Gasteiger partial charge in [-0.05, 0) is 82.1 Å². The van der Waals surface area contributed by atoms with Gasteiger partial charge in [0.1, 0.15) is 18.5 Å². The van der Waals surface area contributed by atoms with Gasteiger partial charge in [0.05, 0.1) is 18.5 Å². The quantitative estimate of drug-likeness (QED) is 0.257. The van der Waals surface area contributed by atoms with Gasteiger partial charge < -0.3 is 25.8 Å². The Morgan fingerprint density at radius 3 is 2.28 bits per heavy atom. The molecule has 0 aromatic carbocycles. The first-order chi connectivity index (χ1) is 18.8. The molecule has 0 bridgehead atoms. The second-order valence-corrected chi connectivity index (χ2v) is 13.0. The van der Waals surface area contributed by atoms with Gasteiger partial charge in [-0.25, -0.2) is 0 Å². The smallest absolute Gasteiger partial charge is 0.378 e. The third-order valence-corrected chi connectivity index (χ3v) is 10.5. The van der Waals surface area contributed by atoms with E-state index in [1.54, 1.807) is 7.11 Å². The van der Waals surface area contributed by atoms with Gasteiger partial charge in [0.15, 0.2) is 0 Å². The molecule has 0 radical (unpaired) electrons. The van der Waals surface area contributed by atoms with Gasteiger partial charge in [0, 0.05) is 44.7 Å². The van der Waals surface area contributed by atoms with Crippen molar-refractivity contribution in [1.29, 1.82) is 0 Å². The zero-order valence-corrected chi connectivity index (χ0v) is 23.1. The summed E-state index contributed by atoms with van der Waals surface area (Å²) in [6.45, 7) is 2.91. The Balaban J connectivity index is 1.07. The van der Waals surface area contributed by atoms with Crippen molar-refractivity contribution in [3.8, 4) is 0 Å². The fourth-order valence-electron chi connectivity index (χ4n) is 8.19. The van der Waals surface area contributed by atoms with E-state index in [0.717, 1.165) is 58.3 Å². The summed E-state index contributed by atoms with van der Waals surface area (Å²) in [5.74, 6) is 2.02. The molecule has 6 aliphatic rings. The summed E-state index contributed by atoms with van der Waals surface area (Å²) in [5.41, 5.74) is 0. The Morgan fingerprint density at radius 1 is 0.821 bits per heavy atom. The molecule has 0 amide bonds. The first kappa shape index (κ1) is 28.5. The summed E-state index contributed by atoms with van der Waals surface area (Å²) in [6, 6.07) is -1.01. The molecule has 4 aliphatic heterocycles. The Labute approximate surface area is 230 Å². The van der Waals surface area contributed by atoms with Crippen molar-refractivity contribution in [2.24, 2.45) is 29.6 Å². The third-order valence-electron chi connectivity index (χ3n) is 10.5. The van der Waals surface area contributed by atoms with Crippen LogP contribution in [-0.2, 0) is 4.74 Å². The van der Waals surface area contributed by atoms with Gasteiger partial charge in [-0.3, -0.25) is 20.9 Å². The first-order valence-electron chi connectivity index (χ1n) is 15.3. The predicted molar refractivity (Wildman–Crippen MR) is 141 cm³/mol. The van der Waals surface area contributed by atoms with Crippen molar-refractivity contribution in [2.45, 2.75) is 107 Å². The lowest BCUT2D eigenvalue weighted by Crippen LogP contribution is -2.74. The zero-order chi connectivity index (χ0) is 27.1. The van der Waals surface area contributed by atoms with Crippen LogP contribution in [0.15, 0.2) is 0 Å². The molecule has 0 aromatic rings. The van der Waals surface area contributed by atoms with Crippen LogP contribution in [0.2, 0.25) is 0 Å². The maximum Gasteiger partial charge on any atom is 0.403 e. The van der Waals surface area contributed by atoms with Gasteiger partial charge in [-0.1, -0.05) is 0 Å². The van der Waals surface area contributed by atoms with E-state index in [1.165, 1.54) is 12.8 Å². The van der Waals surface area contributed by atoms with E-state index in [2.05, 4.69) is 36.8 Å². The van der Waals surface area contributed by atoms with Gasteiger partial charge in [-0.15, -0.1) is 0 Å². The van der Waals surface area contributed by atoms with E-state index < -0.39 is 18.4 Å². The number of likely N-dealkylation sites (tertiary alicyclic amines) is 1. The minimum Gasteiger partial charge on any atom is -0.378 e. The number of halogens is 3. The summed E-state index contributed by atoms with van der Waals surface area (Å²) in [6.07, 6.45) is 3.39. The van der Waals surface area contributed by atoms with Crippen molar-refractivity contribution in [1.82, 2.24) is 36.8 Å². The van der Waals surface area contributed by atoms with E-state index >= 15 is 0 Å². The summed E-state index contributed by atoms with van der Waals surface area (Å²) in [5, 5.41) is 32.1. The van der Waals surface area contributed by atoms with Crippen LogP contribution in [0.3, 0.4) is 0 Å². The summed E-state index contributed by atoms with van der Waals surface area (Å²) in [7, 11) is 1.78. The second kappa shape index (κ2) is 12.0. The minimum atomic E-state index is -4.19. The molecule has 2 saturated carbocycles. The van der Waals surface area contributed by atoms with E-state index in [0.29, 0.717) is 30.3 Å². The lowest BCUT2D eigenvalue weighted by Gasteiger charge is -2.53. The Morgan fingerprint density at radius 2 is 1.56 bits per heavy atom. The molecule has 0 aromatic heterocycles. The number of aliphatic hydroxyl groups is 1. The molecule has 4 heterocycles. The highest BCUT2D eigenvalue weighted by atomic mass is 19.4. The third kappa shape index (κ3) is 6.29. The van der Waals surface area contributed by atoms with Crippen LogP contribution in [0.25, 0.3) is 0 Å². The number of piperidine rings is 1. The molecule has 9 nitrogen and oxygen atoms in total. The number of ether oxygens (including phenoxy) is 1. The number of alkyl halides is 3. The van der Waals surface area contributed by atoms with Crippen LogP contribution in [-0.4, -0.2) is 92.6 Å². The SMILES string of the molecule is COC1NCNC(C2CC2)C1C1NCC2CCC(O)N(CC3CCC(C4NCCC(C(F)(F)F)N4)CC3)C2N1. The molecule has 39 heavy (non-hydrogen) atoms. The summed E-state index contributed by atoms with van der Waals surface area (Å²) in [4.78, 5) is 2.29. The number of methoxy groups -OCH3 is 1. The maximum atomic E-state index is 13.3. The van der Waals surface area contributed by atoms with Crippen molar-refractivity contribution in [3.05, 3.63) is 0 Å². The molecular formula is C27H48F3N7O2. The van der Waals surface area contributed by atoms with Crippen LogP contribution < -0.4 is 31.9 Å². The maximum absolute atomic E-state index is 13.3. The monoisotopic (exact) mass is 559 g/mol. The Kier molecular flexibility index (Phi) is 8.76. The largest absolute Gasteiger partial charge is 0.403 e. The lowest BCUT2D eigenvalue weighted by atomic mass is 9.78. The molecule has 12 heteroatoms. The standard InChI is InChI=1S/C27H48F3N7O2/c1-39-26-21(22(16-6-7-16)33-14-34-26)24-32-12-18-8-9-20(38)37(25(18)36-24)13-15-2-4-17(5-3-15)23-31-11-10-19(35-23)27(28,29)30/h15-26,31-36,38H,2-14H2,1H3. The number of fused-ring (bicyclic) bond motifs is 1. The molecule has 6 fully saturated rings. The number of aliphatic hydroxyl groups excluding tert-OH is 1. The van der Waals surface area contributed by atoms with Crippen molar-refractivity contribution >= 4 is 0 Å². The second-order valence-electron chi connectivity index (χ2n) is 13.0. The molecule has 2 aliphatic carbocycles. The van der Waals surface area contributed by atoms with Crippen molar-refractivity contribution in [2.75, 3.05) is 33.4 Å². The molecule has 4 saturated heterocycles. The van der Waals surface area contributed by atoms with Crippen LogP contribution in [0.1, 0.15) is 57.8 Å². The Bertz CT molecular complexity index is 813. The highest BCUT2D eigenvalue weighted by molar-refractivity contribution is 5.03. The van der Waals surface area contributed by atoms with E-state index in [1.807, 2.05) is 0 Å². The van der Waals surface area contributed by atoms with Gasteiger partial charge in [0.2, 0.25) is 0 Å². The fraction of sp³-hybridized carbons (Fsp3) is 1.00. The van der Waals surface area contributed by atoms with Gasteiger partial charge in [-0.2, -0.15) is 13.2 Å². The molecule has 6 rings (SSSR count). The average molecular weight is 560 g/mol. The van der Waals surface area contributed by atoms with E-state index in [9.17, 15) is 18.3 Å². The lowest BCUT2D eigenvalue weighted by molar-refractivity contribution is -0.165. The molecule has 9 unspecified atom stereocenters. The highest BCUT2D eigenvalue weighted by Gasteiger charge is 2.50. The van der Waals surface area contributed by atoms with Gasteiger partial charge >= 0.3 is 6.18 Å². The predicted octanol–water partition coefficient (Wildman–Crippen LogP) is 1.03. The first-order valence-corrected chi connectivity index (χ1v) is 15.3. The van der Waals surface area contributed by atoms with Crippen LogP contribution in [0.4, 0.5) is 13.2 Å². The van der Waals surface area contributed by atoms with Crippen LogP contribution in [0.5, 0.6) is 0 Å². The molecule has 7 N–H and O–H groups in total. The van der Waals surface area contributed by atoms with Crippen molar-refractivity contribution < 1.29 is 23.0 Å². The Hall–Kier alpha value is -0.570. The summed E-state index contributed by atoms with van der Waals surface area (Å²) >= 11 is 0. The van der Waals surface area contributed by atoms with Crippen molar-refractivity contribution in [3.63, 3.8) is 0 Å². The normalized spacial score (nSPS) is 46.5.